The van der Waals surface area contributed by atoms with E-state index in [0.717, 1.165) is 37.2 Å². The zero-order valence-electron chi connectivity index (χ0n) is 16.5. The quantitative estimate of drug-likeness (QED) is 0.817. The standard InChI is InChI=1S/C23H27N3O3/c27-22(25-21-8-6-18(7-9-21)19-10-12-24-13-11-19)20-14-26(15-20)23(28)29-16-17-4-2-1-3-5-17/h1-9,19-20,24H,10-16H2,(H,25,27). The first-order valence-corrected chi connectivity index (χ1v) is 10.3. The van der Waals surface area contributed by atoms with Gasteiger partial charge in [-0.25, -0.2) is 4.79 Å². The van der Waals surface area contributed by atoms with Gasteiger partial charge in [0.2, 0.25) is 5.91 Å². The molecule has 6 nitrogen and oxygen atoms in total. The molecule has 2 N–H and O–H groups in total. The van der Waals surface area contributed by atoms with Gasteiger partial charge in [-0.05, 0) is 55.1 Å². The van der Waals surface area contributed by atoms with E-state index in [2.05, 4.69) is 22.8 Å². The van der Waals surface area contributed by atoms with E-state index in [1.165, 1.54) is 5.56 Å². The summed E-state index contributed by atoms with van der Waals surface area (Å²) in [5.41, 5.74) is 3.09. The lowest BCUT2D eigenvalue weighted by molar-refractivity contribution is -0.124. The van der Waals surface area contributed by atoms with Crippen LogP contribution in [-0.4, -0.2) is 43.1 Å². The van der Waals surface area contributed by atoms with E-state index in [1.54, 1.807) is 4.90 Å². The summed E-state index contributed by atoms with van der Waals surface area (Å²) >= 11 is 0. The summed E-state index contributed by atoms with van der Waals surface area (Å²) in [6, 6.07) is 17.7. The number of benzene rings is 2. The third kappa shape index (κ3) is 4.95. The van der Waals surface area contributed by atoms with Crippen molar-refractivity contribution in [1.29, 1.82) is 0 Å². The molecule has 2 fully saturated rings. The number of carbonyl (C=O) groups is 2. The second-order valence-electron chi connectivity index (χ2n) is 7.78. The summed E-state index contributed by atoms with van der Waals surface area (Å²) in [4.78, 5) is 26.1. The number of hydrogen-bond acceptors (Lipinski definition) is 4. The minimum Gasteiger partial charge on any atom is -0.445 e. The van der Waals surface area contributed by atoms with E-state index >= 15 is 0 Å². The average molecular weight is 393 g/mol. The Morgan fingerprint density at radius 1 is 1.00 bits per heavy atom. The third-order valence-corrected chi connectivity index (χ3v) is 5.70. The Kier molecular flexibility index (Phi) is 6.10. The van der Waals surface area contributed by atoms with Gasteiger partial charge in [0.1, 0.15) is 6.61 Å². The Morgan fingerprint density at radius 2 is 1.69 bits per heavy atom. The van der Waals surface area contributed by atoms with Crippen molar-refractivity contribution < 1.29 is 14.3 Å². The van der Waals surface area contributed by atoms with E-state index in [-0.39, 0.29) is 24.5 Å². The van der Waals surface area contributed by atoms with Crippen molar-refractivity contribution in [2.75, 3.05) is 31.5 Å². The lowest BCUT2D eigenvalue weighted by Crippen LogP contribution is -2.54. The number of amides is 2. The lowest BCUT2D eigenvalue weighted by Gasteiger charge is -2.37. The van der Waals surface area contributed by atoms with Crippen molar-refractivity contribution in [3.05, 3.63) is 65.7 Å². The maximum Gasteiger partial charge on any atom is 0.410 e. The molecule has 0 radical (unpaired) electrons. The van der Waals surface area contributed by atoms with Gasteiger partial charge in [-0.1, -0.05) is 42.5 Å². The van der Waals surface area contributed by atoms with E-state index in [1.807, 2.05) is 42.5 Å². The Bertz CT molecular complexity index is 826. The van der Waals surface area contributed by atoms with Crippen LogP contribution in [0.15, 0.2) is 54.6 Å². The first kappa shape index (κ1) is 19.5. The van der Waals surface area contributed by atoms with E-state index < -0.39 is 0 Å². The summed E-state index contributed by atoms with van der Waals surface area (Å²) in [7, 11) is 0. The molecule has 29 heavy (non-hydrogen) atoms. The molecule has 4 rings (SSSR count). The van der Waals surface area contributed by atoms with Crippen LogP contribution in [0.3, 0.4) is 0 Å². The fourth-order valence-corrected chi connectivity index (χ4v) is 3.84. The number of carbonyl (C=O) groups excluding carboxylic acids is 2. The first-order valence-electron chi connectivity index (χ1n) is 10.3. The molecule has 2 aromatic carbocycles. The Balaban J connectivity index is 1.20. The molecule has 152 valence electrons. The molecule has 0 bridgehead atoms. The predicted octanol–water partition coefficient (Wildman–Crippen LogP) is 3.36. The molecule has 2 heterocycles. The first-order chi connectivity index (χ1) is 14.2. The summed E-state index contributed by atoms with van der Waals surface area (Å²) in [6.07, 6.45) is 1.94. The van der Waals surface area contributed by atoms with E-state index in [4.69, 9.17) is 4.74 Å². The van der Waals surface area contributed by atoms with Crippen molar-refractivity contribution in [2.24, 2.45) is 5.92 Å². The molecule has 2 aliphatic heterocycles. The minimum absolute atomic E-state index is 0.0493. The Hall–Kier alpha value is -2.86. The van der Waals surface area contributed by atoms with E-state index in [9.17, 15) is 9.59 Å². The zero-order chi connectivity index (χ0) is 20.1. The molecule has 0 aliphatic carbocycles. The van der Waals surface area contributed by atoms with Crippen molar-refractivity contribution in [3.8, 4) is 0 Å². The zero-order valence-corrected chi connectivity index (χ0v) is 16.5. The van der Waals surface area contributed by atoms with Crippen LogP contribution in [0.4, 0.5) is 10.5 Å². The van der Waals surface area contributed by atoms with Gasteiger partial charge in [-0.15, -0.1) is 0 Å². The van der Waals surface area contributed by atoms with Gasteiger partial charge in [-0.2, -0.15) is 0 Å². The number of nitrogens with zero attached hydrogens (tertiary/aromatic N) is 1. The average Bonchev–Trinajstić information content (AvgIpc) is 2.73. The number of piperidine rings is 1. The summed E-state index contributed by atoms with van der Waals surface area (Å²) in [6.45, 7) is 3.17. The van der Waals surface area contributed by atoms with Gasteiger partial charge in [-0.3, -0.25) is 4.79 Å². The largest absolute Gasteiger partial charge is 0.445 e. The fourth-order valence-electron chi connectivity index (χ4n) is 3.84. The summed E-state index contributed by atoms with van der Waals surface area (Å²) in [5.74, 6) is 0.359. The van der Waals surface area contributed by atoms with Crippen LogP contribution in [0.5, 0.6) is 0 Å². The highest BCUT2D eigenvalue weighted by Gasteiger charge is 2.36. The highest BCUT2D eigenvalue weighted by atomic mass is 16.6. The normalized spacial score (nSPS) is 17.4. The number of ether oxygens (including phenoxy) is 1. The number of anilines is 1. The fraction of sp³-hybridized carbons (Fsp3) is 0.391. The Labute approximate surface area is 171 Å². The second-order valence-corrected chi connectivity index (χ2v) is 7.78. The molecule has 0 spiro atoms. The van der Waals surface area contributed by atoms with Crippen LogP contribution >= 0.6 is 0 Å². The maximum atomic E-state index is 12.4. The van der Waals surface area contributed by atoms with Gasteiger partial charge >= 0.3 is 6.09 Å². The van der Waals surface area contributed by atoms with Crippen molar-refractivity contribution in [2.45, 2.75) is 25.4 Å². The molecular formula is C23H27N3O3. The number of nitrogens with one attached hydrogen (secondary N) is 2. The van der Waals surface area contributed by atoms with Crippen molar-refractivity contribution in [3.63, 3.8) is 0 Å². The van der Waals surface area contributed by atoms with Gasteiger partial charge in [0.05, 0.1) is 5.92 Å². The van der Waals surface area contributed by atoms with Gasteiger partial charge < -0.3 is 20.3 Å². The van der Waals surface area contributed by atoms with Crippen LogP contribution in [-0.2, 0) is 16.1 Å². The monoisotopic (exact) mass is 393 g/mol. The predicted molar refractivity (Wildman–Crippen MR) is 112 cm³/mol. The van der Waals surface area contributed by atoms with Crippen molar-refractivity contribution >= 4 is 17.7 Å². The highest BCUT2D eigenvalue weighted by Crippen LogP contribution is 2.26. The lowest BCUT2D eigenvalue weighted by atomic mass is 9.90. The van der Waals surface area contributed by atoms with Crippen LogP contribution < -0.4 is 10.6 Å². The van der Waals surface area contributed by atoms with Gasteiger partial charge in [0.15, 0.2) is 0 Å². The molecular weight excluding hydrogens is 366 g/mol. The topological polar surface area (TPSA) is 70.7 Å². The summed E-state index contributed by atoms with van der Waals surface area (Å²) in [5, 5.41) is 6.34. The molecule has 0 unspecified atom stereocenters. The Morgan fingerprint density at radius 3 is 2.38 bits per heavy atom. The van der Waals surface area contributed by atoms with E-state index in [0.29, 0.717) is 19.0 Å². The molecule has 2 saturated heterocycles. The molecule has 0 saturated carbocycles. The molecule has 6 heteroatoms. The van der Waals surface area contributed by atoms with Gasteiger partial charge in [0.25, 0.3) is 0 Å². The number of rotatable bonds is 5. The van der Waals surface area contributed by atoms with Crippen molar-refractivity contribution in [1.82, 2.24) is 10.2 Å². The molecule has 0 aromatic heterocycles. The molecule has 0 atom stereocenters. The van der Waals surface area contributed by atoms with Gasteiger partial charge in [0, 0.05) is 18.8 Å². The van der Waals surface area contributed by atoms with Crippen LogP contribution in [0.25, 0.3) is 0 Å². The third-order valence-electron chi connectivity index (χ3n) is 5.70. The SMILES string of the molecule is O=C(Nc1ccc(C2CCNCC2)cc1)C1CN(C(=O)OCc2ccccc2)C1. The minimum atomic E-state index is -0.371. The number of hydrogen-bond donors (Lipinski definition) is 2. The highest BCUT2D eigenvalue weighted by molar-refractivity contribution is 5.94. The molecule has 2 amide bonds. The van der Waals surface area contributed by atoms with Crippen LogP contribution in [0.1, 0.15) is 29.9 Å². The smallest absolute Gasteiger partial charge is 0.410 e. The second kappa shape index (κ2) is 9.09. The van der Waals surface area contributed by atoms with Crippen LogP contribution in [0.2, 0.25) is 0 Å². The number of likely N-dealkylation sites (tertiary alicyclic amines) is 1. The van der Waals surface area contributed by atoms with Crippen LogP contribution in [0, 0.1) is 5.92 Å². The maximum absolute atomic E-state index is 12.4. The molecule has 2 aromatic rings. The summed E-state index contributed by atoms with van der Waals surface area (Å²) < 4.78 is 5.30. The molecule has 2 aliphatic rings.